The van der Waals surface area contributed by atoms with Crippen LogP contribution >= 0.6 is 0 Å². The second-order valence-electron chi connectivity index (χ2n) is 6.67. The Balaban J connectivity index is 1.80. The molecule has 1 aromatic heterocycles. The highest BCUT2D eigenvalue weighted by molar-refractivity contribution is 5.83. The Morgan fingerprint density at radius 1 is 1.41 bits per heavy atom. The number of aromatic amines is 1. The zero-order chi connectivity index (χ0) is 15.5. The Hall–Kier alpha value is -1.69. The molecule has 2 aliphatic rings. The van der Waals surface area contributed by atoms with Gasteiger partial charge in [0.05, 0.1) is 5.56 Å². The number of anilines is 1. The van der Waals surface area contributed by atoms with Crippen LogP contribution in [0.3, 0.4) is 0 Å². The normalized spacial score (nSPS) is 23.0. The van der Waals surface area contributed by atoms with E-state index in [0.717, 1.165) is 44.4 Å². The first-order valence-corrected chi connectivity index (χ1v) is 8.24. The first kappa shape index (κ1) is 15.2. The van der Waals surface area contributed by atoms with Crippen molar-refractivity contribution in [1.82, 2.24) is 14.9 Å². The second kappa shape index (κ2) is 6.60. The molecule has 2 heterocycles. The van der Waals surface area contributed by atoms with Gasteiger partial charge in [0.15, 0.2) is 0 Å². The highest BCUT2D eigenvalue weighted by Crippen LogP contribution is 2.29. The number of likely N-dealkylation sites (tertiary alicyclic amines) is 1. The van der Waals surface area contributed by atoms with Gasteiger partial charge in [0.1, 0.15) is 11.6 Å². The van der Waals surface area contributed by atoms with Crippen molar-refractivity contribution in [3.63, 3.8) is 0 Å². The van der Waals surface area contributed by atoms with Gasteiger partial charge in [-0.25, -0.2) is 4.98 Å². The molecule has 3 N–H and O–H groups in total. The molecule has 0 bridgehead atoms. The number of hydrogen-bond acceptors (Lipinski definition) is 5. The summed E-state index contributed by atoms with van der Waals surface area (Å²) in [5.41, 5.74) is 0.136. The molecule has 0 radical (unpaired) electrons. The highest BCUT2D eigenvalue weighted by atomic mass is 16.1. The summed E-state index contributed by atoms with van der Waals surface area (Å²) < 4.78 is 0. The molecule has 1 saturated carbocycles. The molecular weight excluding hydrogens is 278 g/mol. The average Bonchev–Trinajstić information content (AvgIpc) is 2.43. The number of piperidine rings is 1. The lowest BCUT2D eigenvalue weighted by atomic mass is 9.83. The molecule has 0 spiro atoms. The third-order valence-corrected chi connectivity index (χ3v) is 4.82. The molecule has 6 nitrogen and oxygen atoms in total. The van der Waals surface area contributed by atoms with E-state index in [2.05, 4.69) is 27.2 Å². The van der Waals surface area contributed by atoms with Crippen LogP contribution in [0.2, 0.25) is 0 Å². The minimum absolute atomic E-state index is 0.203. The van der Waals surface area contributed by atoms with Crippen molar-refractivity contribution in [3.05, 3.63) is 21.7 Å². The Morgan fingerprint density at radius 2 is 2.23 bits per heavy atom. The minimum Gasteiger partial charge on any atom is -0.365 e. The fourth-order valence-corrected chi connectivity index (χ4v) is 3.32. The SMILES string of the molecule is CN1CCCC(Nc2nc(CC3CCC3)[nH]c(=O)c2C=N)C1. The van der Waals surface area contributed by atoms with Gasteiger partial charge in [-0.05, 0) is 32.4 Å². The Morgan fingerprint density at radius 3 is 2.86 bits per heavy atom. The van der Waals surface area contributed by atoms with Gasteiger partial charge in [-0.1, -0.05) is 19.3 Å². The summed E-state index contributed by atoms with van der Waals surface area (Å²) in [5, 5.41) is 10.9. The molecule has 1 aliphatic heterocycles. The van der Waals surface area contributed by atoms with Crippen molar-refractivity contribution in [2.45, 2.75) is 44.6 Å². The van der Waals surface area contributed by atoms with E-state index in [0.29, 0.717) is 23.3 Å². The molecule has 1 saturated heterocycles. The summed E-state index contributed by atoms with van der Waals surface area (Å²) in [6.45, 7) is 2.06. The van der Waals surface area contributed by atoms with Crippen molar-refractivity contribution < 1.29 is 0 Å². The van der Waals surface area contributed by atoms with Gasteiger partial charge in [-0.2, -0.15) is 0 Å². The Labute approximate surface area is 130 Å². The van der Waals surface area contributed by atoms with Crippen LogP contribution in [0.4, 0.5) is 5.82 Å². The lowest BCUT2D eigenvalue weighted by molar-refractivity contribution is 0.260. The fourth-order valence-electron chi connectivity index (χ4n) is 3.32. The van der Waals surface area contributed by atoms with Gasteiger partial charge in [0, 0.05) is 25.2 Å². The summed E-state index contributed by atoms with van der Waals surface area (Å²) in [5.74, 6) is 1.99. The van der Waals surface area contributed by atoms with E-state index in [-0.39, 0.29) is 5.56 Å². The maximum atomic E-state index is 12.2. The van der Waals surface area contributed by atoms with E-state index in [9.17, 15) is 4.79 Å². The van der Waals surface area contributed by atoms with Gasteiger partial charge in [-0.3, -0.25) is 4.79 Å². The molecular formula is C16H25N5O. The van der Waals surface area contributed by atoms with Crippen LogP contribution in [0.5, 0.6) is 0 Å². The van der Waals surface area contributed by atoms with E-state index >= 15 is 0 Å². The number of H-pyrrole nitrogens is 1. The van der Waals surface area contributed by atoms with Crippen molar-refractivity contribution >= 4 is 12.0 Å². The van der Waals surface area contributed by atoms with Crippen molar-refractivity contribution in [2.75, 3.05) is 25.5 Å². The predicted molar refractivity (Wildman–Crippen MR) is 87.9 cm³/mol. The number of aromatic nitrogens is 2. The second-order valence-corrected chi connectivity index (χ2v) is 6.67. The molecule has 1 atom stereocenters. The van der Waals surface area contributed by atoms with Gasteiger partial charge in [0.2, 0.25) is 0 Å². The van der Waals surface area contributed by atoms with E-state index in [1.165, 1.54) is 19.3 Å². The van der Waals surface area contributed by atoms with E-state index in [1.807, 2.05) is 0 Å². The predicted octanol–water partition coefficient (Wildman–Crippen LogP) is 1.62. The quantitative estimate of drug-likeness (QED) is 0.722. The Kier molecular flexibility index (Phi) is 4.57. The zero-order valence-electron chi connectivity index (χ0n) is 13.2. The maximum Gasteiger partial charge on any atom is 0.261 e. The van der Waals surface area contributed by atoms with Gasteiger partial charge in [-0.15, -0.1) is 0 Å². The molecule has 1 aliphatic carbocycles. The van der Waals surface area contributed by atoms with Gasteiger partial charge in [0.25, 0.3) is 5.56 Å². The van der Waals surface area contributed by atoms with Crippen LogP contribution in [0.1, 0.15) is 43.5 Å². The van der Waals surface area contributed by atoms with Crippen LogP contribution in [-0.2, 0) is 6.42 Å². The Bertz CT molecular complexity index is 593. The smallest absolute Gasteiger partial charge is 0.261 e. The molecule has 6 heteroatoms. The monoisotopic (exact) mass is 303 g/mol. The largest absolute Gasteiger partial charge is 0.365 e. The number of likely N-dealkylation sites (N-methyl/N-ethyl adjacent to an activating group) is 1. The van der Waals surface area contributed by atoms with Gasteiger partial charge >= 0.3 is 0 Å². The van der Waals surface area contributed by atoms with Crippen LogP contribution < -0.4 is 10.9 Å². The summed E-state index contributed by atoms with van der Waals surface area (Å²) in [4.78, 5) is 21.9. The summed E-state index contributed by atoms with van der Waals surface area (Å²) in [6, 6.07) is 0.295. The van der Waals surface area contributed by atoms with Crippen LogP contribution in [-0.4, -0.2) is 47.3 Å². The average molecular weight is 303 g/mol. The minimum atomic E-state index is -0.203. The van der Waals surface area contributed by atoms with Crippen molar-refractivity contribution in [1.29, 1.82) is 5.41 Å². The standard InChI is InChI=1S/C16H25N5O/c1-21-7-3-6-12(10-21)18-15-13(9-17)16(22)20-14(19-15)8-11-4-2-5-11/h9,11-12,17H,2-8,10H2,1H3,(H2,18,19,20,22). The molecule has 1 aromatic rings. The first-order chi connectivity index (χ1) is 10.7. The van der Waals surface area contributed by atoms with E-state index in [1.54, 1.807) is 0 Å². The third-order valence-electron chi connectivity index (χ3n) is 4.82. The lowest BCUT2D eigenvalue weighted by Crippen LogP contribution is -2.40. The topological polar surface area (TPSA) is 84.9 Å². The fraction of sp³-hybridized carbons (Fsp3) is 0.688. The van der Waals surface area contributed by atoms with Crippen molar-refractivity contribution in [3.8, 4) is 0 Å². The molecule has 120 valence electrons. The zero-order valence-corrected chi connectivity index (χ0v) is 13.2. The molecule has 0 amide bonds. The highest BCUT2D eigenvalue weighted by Gasteiger charge is 2.22. The van der Waals surface area contributed by atoms with E-state index in [4.69, 9.17) is 5.41 Å². The summed E-state index contributed by atoms with van der Waals surface area (Å²) in [6.07, 6.45) is 7.91. The molecule has 22 heavy (non-hydrogen) atoms. The molecule has 0 aromatic carbocycles. The van der Waals surface area contributed by atoms with Crippen LogP contribution in [0.15, 0.2) is 4.79 Å². The summed E-state index contributed by atoms with van der Waals surface area (Å²) in [7, 11) is 2.11. The molecule has 1 unspecified atom stereocenters. The third kappa shape index (κ3) is 3.38. The number of hydrogen-bond donors (Lipinski definition) is 3. The number of rotatable bonds is 5. The van der Waals surface area contributed by atoms with Gasteiger partial charge < -0.3 is 20.6 Å². The number of nitrogens with one attached hydrogen (secondary N) is 3. The van der Waals surface area contributed by atoms with Crippen LogP contribution in [0.25, 0.3) is 0 Å². The first-order valence-electron chi connectivity index (χ1n) is 8.24. The lowest BCUT2D eigenvalue weighted by Gasteiger charge is -2.31. The van der Waals surface area contributed by atoms with Crippen LogP contribution in [0, 0.1) is 11.3 Å². The molecule has 3 rings (SSSR count). The molecule has 2 fully saturated rings. The van der Waals surface area contributed by atoms with Crippen molar-refractivity contribution in [2.24, 2.45) is 5.92 Å². The number of nitrogens with zero attached hydrogens (tertiary/aromatic N) is 2. The summed E-state index contributed by atoms with van der Waals surface area (Å²) >= 11 is 0. The maximum absolute atomic E-state index is 12.2. The van der Waals surface area contributed by atoms with E-state index < -0.39 is 0 Å².